The monoisotopic (exact) mass is 424 g/mol. The second-order valence-corrected chi connectivity index (χ2v) is 7.30. The van der Waals surface area contributed by atoms with Crippen molar-refractivity contribution < 1.29 is 18.0 Å². The maximum Gasteiger partial charge on any atom is 0.417 e. The molecule has 0 unspecified atom stereocenters. The lowest BCUT2D eigenvalue weighted by molar-refractivity contribution is -0.137. The summed E-state index contributed by atoms with van der Waals surface area (Å²) in [4.78, 5) is 16.5. The summed E-state index contributed by atoms with van der Waals surface area (Å²) >= 11 is 7.17. The number of pyridine rings is 1. The summed E-state index contributed by atoms with van der Waals surface area (Å²) in [5.74, 6) is -0.247. The van der Waals surface area contributed by atoms with Gasteiger partial charge in [-0.3, -0.25) is 9.78 Å². The second-order valence-electron chi connectivity index (χ2n) is 6.11. The van der Waals surface area contributed by atoms with Crippen molar-refractivity contribution in [2.45, 2.75) is 25.6 Å². The van der Waals surface area contributed by atoms with Crippen molar-refractivity contribution in [3.05, 3.63) is 75.1 Å². The molecule has 0 radical (unpaired) electrons. The molecule has 1 aromatic carbocycles. The topological polar surface area (TPSA) is 42.0 Å². The third kappa shape index (κ3) is 5.11. The Hall–Kier alpha value is -2.38. The van der Waals surface area contributed by atoms with Gasteiger partial charge in [0.25, 0.3) is 0 Å². The lowest BCUT2D eigenvalue weighted by Crippen LogP contribution is -2.23. The number of nitrogens with one attached hydrogen (secondary N) is 1. The highest BCUT2D eigenvalue weighted by Crippen LogP contribution is 2.35. The van der Waals surface area contributed by atoms with Crippen molar-refractivity contribution in [1.29, 1.82) is 0 Å². The largest absolute Gasteiger partial charge is 0.417 e. The molecule has 0 aliphatic rings. The number of alkyl halides is 3. The van der Waals surface area contributed by atoms with Gasteiger partial charge in [-0.2, -0.15) is 24.5 Å². The lowest BCUT2D eigenvalue weighted by atomic mass is 10.1. The van der Waals surface area contributed by atoms with Crippen molar-refractivity contribution in [3.8, 4) is 11.3 Å². The van der Waals surface area contributed by atoms with Gasteiger partial charge in [-0.25, -0.2) is 0 Å². The molecule has 0 saturated carbocycles. The van der Waals surface area contributed by atoms with Crippen LogP contribution >= 0.6 is 22.9 Å². The number of benzene rings is 1. The molecule has 0 spiro atoms. The number of thiophene rings is 1. The van der Waals surface area contributed by atoms with Crippen LogP contribution in [0.5, 0.6) is 0 Å². The van der Waals surface area contributed by atoms with Crippen molar-refractivity contribution in [2.75, 3.05) is 0 Å². The second kappa shape index (κ2) is 8.75. The minimum Gasteiger partial charge on any atom is -0.352 e. The average molecular weight is 425 g/mol. The Morgan fingerprint density at radius 2 is 2.04 bits per heavy atom. The zero-order valence-electron chi connectivity index (χ0n) is 14.6. The quantitative estimate of drug-likeness (QED) is 0.549. The molecule has 0 aliphatic carbocycles. The number of aryl methyl sites for hydroxylation is 1. The summed E-state index contributed by atoms with van der Waals surface area (Å²) in [5, 5.41) is 6.39. The van der Waals surface area contributed by atoms with Crippen LogP contribution in [0.3, 0.4) is 0 Å². The summed E-state index contributed by atoms with van der Waals surface area (Å²) in [6.07, 6.45) is -2.56. The van der Waals surface area contributed by atoms with Gasteiger partial charge in [0.1, 0.15) is 0 Å². The smallest absolute Gasteiger partial charge is 0.352 e. The van der Waals surface area contributed by atoms with Crippen LogP contribution in [0.2, 0.25) is 5.02 Å². The lowest BCUT2D eigenvalue weighted by Gasteiger charge is -2.11. The van der Waals surface area contributed by atoms with Crippen LogP contribution in [-0.2, 0) is 23.9 Å². The number of amides is 1. The molecule has 0 saturated heterocycles. The molecule has 2 aromatic heterocycles. The molecule has 3 aromatic rings. The SMILES string of the molecule is O=C(CCc1ccc(Cl)c(C(F)(F)F)c1)NCc1cccnc1-c1ccsc1. The van der Waals surface area contributed by atoms with Crippen molar-refractivity contribution >= 4 is 28.8 Å². The molecule has 2 heterocycles. The first-order chi connectivity index (χ1) is 13.3. The highest BCUT2D eigenvalue weighted by molar-refractivity contribution is 7.08. The highest BCUT2D eigenvalue weighted by atomic mass is 35.5. The molecule has 28 heavy (non-hydrogen) atoms. The summed E-state index contributed by atoms with van der Waals surface area (Å²) in [6.45, 7) is 0.298. The number of carbonyl (C=O) groups excluding carboxylic acids is 1. The predicted molar refractivity (Wildman–Crippen MR) is 104 cm³/mol. The maximum absolute atomic E-state index is 12.9. The van der Waals surface area contributed by atoms with Gasteiger partial charge in [-0.1, -0.05) is 23.7 Å². The molecule has 8 heteroatoms. The van der Waals surface area contributed by atoms with E-state index >= 15 is 0 Å². The van der Waals surface area contributed by atoms with E-state index in [9.17, 15) is 18.0 Å². The Bertz CT molecular complexity index is 958. The predicted octanol–water partition coefficient (Wildman–Crippen LogP) is 5.73. The number of hydrogen-bond donors (Lipinski definition) is 1. The van der Waals surface area contributed by atoms with Gasteiger partial charge in [0.15, 0.2) is 0 Å². The molecule has 0 bridgehead atoms. The van der Waals surface area contributed by atoms with Gasteiger partial charge in [0.05, 0.1) is 16.3 Å². The van der Waals surface area contributed by atoms with Crippen LogP contribution in [-0.4, -0.2) is 10.9 Å². The van der Waals surface area contributed by atoms with Crippen LogP contribution < -0.4 is 5.32 Å². The van der Waals surface area contributed by atoms with E-state index in [0.717, 1.165) is 22.9 Å². The van der Waals surface area contributed by atoms with Crippen LogP contribution in [0.25, 0.3) is 11.3 Å². The summed E-state index contributed by atoms with van der Waals surface area (Å²) in [5.41, 5.74) is 2.18. The third-order valence-electron chi connectivity index (χ3n) is 4.14. The van der Waals surface area contributed by atoms with E-state index in [1.165, 1.54) is 12.1 Å². The summed E-state index contributed by atoms with van der Waals surface area (Å²) < 4.78 is 38.8. The molecular formula is C20H16ClF3N2OS. The van der Waals surface area contributed by atoms with Crippen LogP contribution in [0.15, 0.2) is 53.4 Å². The minimum absolute atomic E-state index is 0.0764. The molecule has 0 fully saturated rings. The number of carbonyl (C=O) groups is 1. The Kier molecular flexibility index (Phi) is 6.36. The van der Waals surface area contributed by atoms with Gasteiger partial charge in [-0.05, 0) is 47.2 Å². The maximum atomic E-state index is 12.9. The fraction of sp³-hybridized carbons (Fsp3) is 0.200. The van der Waals surface area contributed by atoms with Gasteiger partial charge in [0.2, 0.25) is 5.91 Å². The molecular weight excluding hydrogens is 409 g/mol. The van der Waals surface area contributed by atoms with E-state index in [-0.39, 0.29) is 23.8 Å². The van der Waals surface area contributed by atoms with Crippen molar-refractivity contribution in [3.63, 3.8) is 0 Å². The normalized spacial score (nSPS) is 11.4. The molecule has 3 rings (SSSR count). The van der Waals surface area contributed by atoms with E-state index in [0.29, 0.717) is 12.1 Å². The van der Waals surface area contributed by atoms with Crippen LogP contribution in [0.4, 0.5) is 13.2 Å². The van der Waals surface area contributed by atoms with Crippen molar-refractivity contribution in [1.82, 2.24) is 10.3 Å². The van der Waals surface area contributed by atoms with Crippen LogP contribution in [0.1, 0.15) is 23.1 Å². The number of aromatic nitrogens is 1. The molecule has 1 amide bonds. The minimum atomic E-state index is -4.52. The molecule has 1 N–H and O–H groups in total. The standard InChI is InChI=1S/C20H16ClF3N2OS/c21-17-5-3-13(10-16(17)20(22,23)24)4-6-18(27)26-11-14-2-1-8-25-19(14)15-7-9-28-12-15/h1-3,5,7-10,12H,4,6,11H2,(H,26,27). The molecule has 0 atom stereocenters. The zero-order valence-corrected chi connectivity index (χ0v) is 16.2. The molecule has 146 valence electrons. The van der Waals surface area contributed by atoms with Gasteiger partial charge in [-0.15, -0.1) is 0 Å². The summed E-state index contributed by atoms with van der Waals surface area (Å²) in [6, 6.07) is 9.34. The zero-order chi connectivity index (χ0) is 20.1. The Morgan fingerprint density at radius 1 is 1.21 bits per heavy atom. The van der Waals surface area contributed by atoms with E-state index in [1.54, 1.807) is 23.6 Å². The first-order valence-electron chi connectivity index (χ1n) is 8.43. The first-order valence-corrected chi connectivity index (χ1v) is 9.75. The number of rotatable bonds is 6. The van der Waals surface area contributed by atoms with E-state index in [4.69, 9.17) is 11.6 Å². The first kappa shape index (κ1) is 20.4. The Labute approximate surface area is 169 Å². The number of hydrogen-bond acceptors (Lipinski definition) is 3. The van der Waals surface area contributed by atoms with E-state index in [2.05, 4.69) is 10.3 Å². The van der Waals surface area contributed by atoms with Crippen LogP contribution in [0, 0.1) is 0 Å². The highest BCUT2D eigenvalue weighted by Gasteiger charge is 2.33. The van der Waals surface area contributed by atoms with Gasteiger partial charge >= 0.3 is 6.18 Å². The number of halogens is 4. The van der Waals surface area contributed by atoms with Crippen molar-refractivity contribution in [2.24, 2.45) is 0 Å². The number of nitrogens with zero attached hydrogens (tertiary/aromatic N) is 1. The van der Waals surface area contributed by atoms with E-state index in [1.807, 2.05) is 22.9 Å². The average Bonchev–Trinajstić information content (AvgIpc) is 3.19. The van der Waals surface area contributed by atoms with Gasteiger partial charge < -0.3 is 5.32 Å². The van der Waals surface area contributed by atoms with E-state index < -0.39 is 11.7 Å². The van der Waals surface area contributed by atoms with Gasteiger partial charge in [0, 0.05) is 30.1 Å². The fourth-order valence-electron chi connectivity index (χ4n) is 2.73. The molecule has 3 nitrogen and oxygen atoms in total. The Morgan fingerprint density at radius 3 is 2.75 bits per heavy atom. The Balaban J connectivity index is 1.59. The summed E-state index contributed by atoms with van der Waals surface area (Å²) in [7, 11) is 0. The molecule has 0 aliphatic heterocycles. The third-order valence-corrected chi connectivity index (χ3v) is 5.15. The fourth-order valence-corrected chi connectivity index (χ4v) is 3.59.